The quantitative estimate of drug-likeness (QED) is 0.382. The van der Waals surface area contributed by atoms with Crippen LogP contribution >= 0.6 is 0 Å². The Morgan fingerprint density at radius 3 is 1.42 bits per heavy atom. The maximum atomic E-state index is 10.2. The van der Waals surface area contributed by atoms with Crippen LogP contribution in [0.15, 0.2) is 6.07 Å². The molecule has 12 heavy (non-hydrogen) atoms. The molecule has 0 unspecified atom stereocenters. The third-order valence-electron chi connectivity index (χ3n) is 0.659. The maximum absolute atomic E-state index is 10.2. The zero-order valence-electron chi connectivity index (χ0n) is 7.20. The molecule has 0 aliphatic heterocycles. The molecule has 0 radical (unpaired) electrons. The molecule has 0 fully saturated rings. The molecule has 8 heteroatoms. The van der Waals surface area contributed by atoms with Crippen molar-refractivity contribution in [2.45, 2.75) is 0 Å². The third-order valence-corrected chi connectivity index (χ3v) is 0.659. The summed E-state index contributed by atoms with van der Waals surface area (Å²) in [6.07, 6.45) is 0. The van der Waals surface area contributed by atoms with Gasteiger partial charge in [-0.25, -0.2) is 0 Å². The molecule has 0 aliphatic rings. The van der Waals surface area contributed by atoms with Gasteiger partial charge in [0.25, 0.3) is 0 Å². The normalized spacial score (nSPS) is 7.00. The van der Waals surface area contributed by atoms with E-state index >= 15 is 0 Å². The summed E-state index contributed by atoms with van der Waals surface area (Å²) in [6, 6.07) is -0.367. The standard InChI is InChI=1S/C4H4N2O3.3Na/c7-2-1-3(8)6-4(9)5-2;;;/h1H,(H3,5,6,7,8,9);;;/q;3*+1/p-3. The van der Waals surface area contributed by atoms with Crippen molar-refractivity contribution in [3.05, 3.63) is 6.07 Å². The Morgan fingerprint density at radius 2 is 1.17 bits per heavy atom. The van der Waals surface area contributed by atoms with Gasteiger partial charge in [0.05, 0.1) is 6.01 Å². The van der Waals surface area contributed by atoms with E-state index in [9.17, 15) is 15.3 Å². The van der Waals surface area contributed by atoms with E-state index in [-0.39, 0.29) is 88.7 Å². The van der Waals surface area contributed by atoms with Crippen molar-refractivity contribution in [3.8, 4) is 17.8 Å². The molecule has 1 rings (SSSR count). The Kier molecular flexibility index (Phi) is 14.4. The van der Waals surface area contributed by atoms with Gasteiger partial charge in [0.2, 0.25) is 0 Å². The summed E-state index contributed by atoms with van der Waals surface area (Å²) >= 11 is 0. The number of hydrogen-bond donors (Lipinski definition) is 0. The van der Waals surface area contributed by atoms with E-state index in [0.29, 0.717) is 6.07 Å². The molecule has 0 saturated heterocycles. The first-order valence-electron chi connectivity index (χ1n) is 2.08. The van der Waals surface area contributed by atoms with Crippen molar-refractivity contribution >= 4 is 0 Å². The van der Waals surface area contributed by atoms with Crippen LogP contribution in [-0.2, 0) is 0 Å². The van der Waals surface area contributed by atoms with Crippen LogP contribution in [0.4, 0.5) is 0 Å². The van der Waals surface area contributed by atoms with Gasteiger partial charge < -0.3 is 15.3 Å². The van der Waals surface area contributed by atoms with Crippen molar-refractivity contribution < 1.29 is 104 Å². The maximum Gasteiger partial charge on any atom is 1.00 e. The fourth-order valence-corrected chi connectivity index (χ4v) is 0.384. The summed E-state index contributed by atoms with van der Waals surface area (Å²) in [5.41, 5.74) is 0. The van der Waals surface area contributed by atoms with E-state index < -0.39 is 17.8 Å². The van der Waals surface area contributed by atoms with Crippen molar-refractivity contribution in [1.29, 1.82) is 0 Å². The summed E-state index contributed by atoms with van der Waals surface area (Å²) in [5.74, 6) is -1.67. The Morgan fingerprint density at radius 1 is 0.833 bits per heavy atom. The van der Waals surface area contributed by atoms with E-state index in [1.165, 1.54) is 0 Å². The summed E-state index contributed by atoms with van der Waals surface area (Å²) in [5, 5.41) is 30.4. The first kappa shape index (κ1) is 19.1. The summed E-state index contributed by atoms with van der Waals surface area (Å²) < 4.78 is 0. The molecule has 0 spiro atoms. The predicted molar refractivity (Wildman–Crippen MR) is 20.4 cm³/mol. The van der Waals surface area contributed by atoms with Gasteiger partial charge in [-0.05, 0) is 17.8 Å². The second kappa shape index (κ2) is 9.05. The minimum Gasteiger partial charge on any atom is -0.859 e. The number of rotatable bonds is 0. The zero-order valence-corrected chi connectivity index (χ0v) is 13.2. The predicted octanol–water partition coefficient (Wildman–Crippen LogP) is -11.3. The van der Waals surface area contributed by atoms with Gasteiger partial charge in [-0.15, -0.1) is 0 Å². The minimum absolute atomic E-state index is 0. The smallest absolute Gasteiger partial charge is 0.859 e. The van der Waals surface area contributed by atoms with Crippen LogP contribution in [-0.4, -0.2) is 9.97 Å². The van der Waals surface area contributed by atoms with Crippen molar-refractivity contribution in [2.24, 2.45) is 0 Å². The molecule has 0 amide bonds. The summed E-state index contributed by atoms with van der Waals surface area (Å²) in [7, 11) is 0. The molecule has 1 heterocycles. The molecule has 0 N–H and O–H groups in total. The van der Waals surface area contributed by atoms with Gasteiger partial charge in [-0.2, -0.15) is 0 Å². The van der Waals surface area contributed by atoms with Crippen LogP contribution in [0.1, 0.15) is 0 Å². The van der Waals surface area contributed by atoms with Crippen molar-refractivity contribution in [2.75, 3.05) is 0 Å². The fraction of sp³-hybridized carbons (Fsp3) is 0. The fourth-order valence-electron chi connectivity index (χ4n) is 0.384. The van der Waals surface area contributed by atoms with Gasteiger partial charge >= 0.3 is 88.7 Å². The second-order valence-electron chi connectivity index (χ2n) is 1.33. The Hall–Kier alpha value is 1.48. The van der Waals surface area contributed by atoms with Crippen LogP contribution in [0.3, 0.4) is 0 Å². The van der Waals surface area contributed by atoms with Crippen LogP contribution in [0.2, 0.25) is 0 Å². The van der Waals surface area contributed by atoms with E-state index in [2.05, 4.69) is 9.97 Å². The monoisotopic (exact) mass is 194 g/mol. The van der Waals surface area contributed by atoms with Gasteiger partial charge in [-0.1, -0.05) is 0 Å². The van der Waals surface area contributed by atoms with Gasteiger partial charge in [0.15, 0.2) is 0 Å². The average Bonchev–Trinajstić information content (AvgIpc) is 1.59. The molecule has 1 aromatic heterocycles. The molecular formula is C4HN2Na3O3. The van der Waals surface area contributed by atoms with Gasteiger partial charge in [0.1, 0.15) is 0 Å². The zero-order chi connectivity index (χ0) is 6.85. The number of hydrogen-bond acceptors (Lipinski definition) is 5. The molecule has 0 aliphatic carbocycles. The Labute approximate surface area is 135 Å². The van der Waals surface area contributed by atoms with Crippen LogP contribution in [0.25, 0.3) is 0 Å². The second-order valence-corrected chi connectivity index (χ2v) is 1.33. The van der Waals surface area contributed by atoms with Crippen LogP contribution in [0, 0.1) is 0 Å². The topological polar surface area (TPSA) is 95.0 Å². The largest absolute Gasteiger partial charge is 1.00 e. The van der Waals surface area contributed by atoms with E-state index in [0.717, 1.165) is 0 Å². The summed E-state index contributed by atoms with van der Waals surface area (Å²) in [6.45, 7) is 0. The molecule has 5 nitrogen and oxygen atoms in total. The first-order valence-corrected chi connectivity index (χ1v) is 2.08. The van der Waals surface area contributed by atoms with Crippen LogP contribution < -0.4 is 104 Å². The molecule has 48 valence electrons. The molecule has 1 aromatic rings. The van der Waals surface area contributed by atoms with E-state index in [1.54, 1.807) is 0 Å². The van der Waals surface area contributed by atoms with Gasteiger partial charge in [0, 0.05) is 0 Å². The van der Waals surface area contributed by atoms with Crippen molar-refractivity contribution in [1.82, 2.24) is 9.97 Å². The van der Waals surface area contributed by atoms with E-state index in [1.807, 2.05) is 0 Å². The molecular weight excluding hydrogens is 193 g/mol. The first-order chi connectivity index (χ1) is 4.18. The molecule has 0 saturated carbocycles. The SMILES string of the molecule is [Na+].[Na+].[Na+].[O-]c1cc([O-])nc([O-])n1. The number of nitrogens with zero attached hydrogens (tertiary/aromatic N) is 2. The third kappa shape index (κ3) is 6.94. The van der Waals surface area contributed by atoms with Crippen LogP contribution in [0.5, 0.6) is 17.8 Å². The molecule has 0 atom stereocenters. The Balaban J connectivity index is -0.000000270. The molecule has 0 aromatic carbocycles. The summed E-state index contributed by atoms with van der Waals surface area (Å²) in [4.78, 5) is 5.62. The van der Waals surface area contributed by atoms with Crippen molar-refractivity contribution in [3.63, 3.8) is 0 Å². The molecule has 0 bridgehead atoms. The average molecular weight is 194 g/mol. The van der Waals surface area contributed by atoms with Gasteiger partial charge in [-0.3, -0.25) is 9.97 Å². The van der Waals surface area contributed by atoms with E-state index in [4.69, 9.17) is 0 Å². The minimum atomic E-state index is -1.02. The Bertz CT molecular complexity index is 184. The number of aromatic nitrogens is 2.